The Kier molecular flexibility index (Phi) is 6.42. The number of anilines is 1. The van der Waals surface area contributed by atoms with Crippen molar-refractivity contribution in [1.29, 1.82) is 0 Å². The van der Waals surface area contributed by atoms with Crippen LogP contribution in [-0.4, -0.2) is 27.5 Å². The number of aromatic nitrogens is 3. The molecule has 0 aliphatic carbocycles. The first-order chi connectivity index (χ1) is 13.5. The summed E-state index contributed by atoms with van der Waals surface area (Å²) in [5.74, 6) is -0.331. The maximum atomic E-state index is 12.1. The van der Waals surface area contributed by atoms with E-state index in [0.29, 0.717) is 6.54 Å². The normalized spacial score (nSPS) is 10.7. The number of aryl methyl sites for hydroxylation is 2. The highest BCUT2D eigenvalue weighted by atomic mass is 16.5. The highest BCUT2D eigenvalue weighted by Crippen LogP contribution is 2.17. The molecule has 0 radical (unpaired) electrons. The number of rotatable bonds is 8. The molecule has 0 aliphatic rings. The monoisotopic (exact) mass is 378 g/mol. The molecule has 1 heterocycles. The van der Waals surface area contributed by atoms with E-state index in [-0.39, 0.29) is 19.1 Å². The third-order valence-electron chi connectivity index (χ3n) is 4.53. The highest BCUT2D eigenvalue weighted by molar-refractivity contribution is 5.69. The van der Waals surface area contributed by atoms with Gasteiger partial charge in [0.2, 0.25) is 0 Å². The molecule has 0 spiro atoms. The van der Waals surface area contributed by atoms with Gasteiger partial charge in [0.1, 0.15) is 18.8 Å². The molecule has 28 heavy (non-hydrogen) atoms. The number of benzene rings is 2. The second kappa shape index (κ2) is 9.17. The van der Waals surface area contributed by atoms with Crippen molar-refractivity contribution in [2.75, 3.05) is 11.4 Å². The number of carbonyl (C=O) groups is 1. The van der Waals surface area contributed by atoms with Gasteiger partial charge in [-0.2, -0.15) is 0 Å². The van der Waals surface area contributed by atoms with Crippen molar-refractivity contribution >= 4 is 11.7 Å². The molecule has 0 saturated carbocycles. The van der Waals surface area contributed by atoms with Crippen molar-refractivity contribution in [3.05, 3.63) is 77.1 Å². The van der Waals surface area contributed by atoms with Gasteiger partial charge in [-0.15, -0.1) is 5.10 Å². The van der Waals surface area contributed by atoms with Gasteiger partial charge in [0.05, 0.1) is 12.7 Å². The van der Waals surface area contributed by atoms with Crippen LogP contribution < -0.4 is 4.90 Å². The van der Waals surface area contributed by atoms with Crippen LogP contribution in [-0.2, 0) is 29.2 Å². The van der Waals surface area contributed by atoms with Crippen LogP contribution in [0.2, 0.25) is 0 Å². The van der Waals surface area contributed by atoms with Crippen molar-refractivity contribution in [3.63, 3.8) is 0 Å². The molecule has 0 bridgehead atoms. The van der Waals surface area contributed by atoms with E-state index >= 15 is 0 Å². The predicted octanol–water partition coefficient (Wildman–Crippen LogP) is 3.66. The molecule has 3 rings (SSSR count). The lowest BCUT2D eigenvalue weighted by atomic mass is 10.2. The molecule has 146 valence electrons. The fourth-order valence-corrected chi connectivity index (χ4v) is 2.85. The summed E-state index contributed by atoms with van der Waals surface area (Å²) < 4.78 is 6.85. The predicted molar refractivity (Wildman–Crippen MR) is 109 cm³/mol. The second-order valence-corrected chi connectivity index (χ2v) is 6.90. The Balaban J connectivity index is 1.53. The number of nitrogens with zero attached hydrogens (tertiary/aromatic N) is 4. The summed E-state index contributed by atoms with van der Waals surface area (Å²) in [5, 5.41) is 8.25. The molecular weight excluding hydrogens is 352 g/mol. The van der Waals surface area contributed by atoms with E-state index in [1.807, 2.05) is 31.2 Å². The highest BCUT2D eigenvalue weighted by Gasteiger charge is 2.11. The molecule has 0 amide bonds. The summed E-state index contributed by atoms with van der Waals surface area (Å²) in [6, 6.07) is 16.3. The number of carbonyl (C=O) groups excluding carboxylic acids is 1. The summed E-state index contributed by atoms with van der Waals surface area (Å²) >= 11 is 0. The summed E-state index contributed by atoms with van der Waals surface area (Å²) in [4.78, 5) is 14.3. The van der Waals surface area contributed by atoms with Crippen LogP contribution in [0.15, 0.2) is 54.7 Å². The van der Waals surface area contributed by atoms with Crippen molar-refractivity contribution in [2.24, 2.45) is 0 Å². The van der Waals surface area contributed by atoms with Crippen molar-refractivity contribution < 1.29 is 9.53 Å². The maximum absolute atomic E-state index is 12.1. The third kappa shape index (κ3) is 5.42. The molecule has 0 fully saturated rings. The van der Waals surface area contributed by atoms with Crippen LogP contribution in [0.3, 0.4) is 0 Å². The van der Waals surface area contributed by atoms with Gasteiger partial charge in [-0.3, -0.25) is 4.79 Å². The fourth-order valence-electron chi connectivity index (χ4n) is 2.85. The van der Waals surface area contributed by atoms with Crippen LogP contribution in [0, 0.1) is 13.8 Å². The van der Waals surface area contributed by atoms with Crippen LogP contribution in [0.5, 0.6) is 0 Å². The van der Waals surface area contributed by atoms with Gasteiger partial charge in [0.15, 0.2) is 0 Å². The van der Waals surface area contributed by atoms with E-state index in [0.717, 1.165) is 23.5 Å². The lowest BCUT2D eigenvalue weighted by molar-refractivity contribution is -0.145. The Labute approximate surface area is 165 Å². The maximum Gasteiger partial charge on any atom is 0.328 e. The lowest BCUT2D eigenvalue weighted by Crippen LogP contribution is -2.22. The summed E-state index contributed by atoms with van der Waals surface area (Å²) in [5.41, 5.74) is 5.33. The smallest absolute Gasteiger partial charge is 0.328 e. The van der Waals surface area contributed by atoms with E-state index in [9.17, 15) is 4.79 Å². The fraction of sp³-hybridized carbons (Fsp3) is 0.318. The number of ether oxygens (including phenoxy) is 1. The van der Waals surface area contributed by atoms with Gasteiger partial charge in [-0.1, -0.05) is 52.7 Å². The molecular formula is C22H26N4O2. The first kappa shape index (κ1) is 19.6. The largest absolute Gasteiger partial charge is 0.459 e. The molecule has 0 N–H and O–H groups in total. The lowest BCUT2D eigenvalue weighted by Gasteiger charge is -2.21. The Bertz CT molecular complexity index is 901. The topological polar surface area (TPSA) is 60.2 Å². The van der Waals surface area contributed by atoms with E-state index < -0.39 is 0 Å². The zero-order valence-electron chi connectivity index (χ0n) is 16.6. The van der Waals surface area contributed by atoms with Crippen molar-refractivity contribution in [3.8, 4) is 0 Å². The standard InChI is InChI=1S/C22H26N4O2/c1-4-25(21-11-7-18(3)8-12-21)13-20-14-26(24-23-20)15-22(27)28-16-19-9-5-17(2)6-10-19/h5-12,14H,4,13,15-16H2,1-3H3. The van der Waals surface area contributed by atoms with Crippen molar-refractivity contribution in [1.82, 2.24) is 15.0 Å². The van der Waals surface area contributed by atoms with E-state index in [1.54, 1.807) is 6.20 Å². The van der Waals surface area contributed by atoms with Crippen LogP contribution in [0.4, 0.5) is 5.69 Å². The summed E-state index contributed by atoms with van der Waals surface area (Å²) in [6.07, 6.45) is 1.80. The zero-order valence-corrected chi connectivity index (χ0v) is 16.6. The van der Waals surface area contributed by atoms with Gasteiger partial charge >= 0.3 is 5.97 Å². The minimum absolute atomic E-state index is 0.0511. The van der Waals surface area contributed by atoms with Gasteiger partial charge < -0.3 is 9.64 Å². The number of hydrogen-bond acceptors (Lipinski definition) is 5. The van der Waals surface area contributed by atoms with E-state index in [4.69, 9.17) is 4.74 Å². The number of esters is 1. The minimum Gasteiger partial charge on any atom is -0.459 e. The van der Waals surface area contributed by atoms with Crippen molar-refractivity contribution in [2.45, 2.75) is 40.5 Å². The molecule has 0 saturated heterocycles. The second-order valence-electron chi connectivity index (χ2n) is 6.90. The number of hydrogen-bond donors (Lipinski definition) is 0. The Morgan fingerprint density at radius 2 is 1.68 bits per heavy atom. The average Bonchev–Trinajstić information content (AvgIpc) is 3.13. The van der Waals surface area contributed by atoms with Crippen LogP contribution in [0.25, 0.3) is 0 Å². The third-order valence-corrected chi connectivity index (χ3v) is 4.53. The summed E-state index contributed by atoms with van der Waals surface area (Å²) in [7, 11) is 0. The van der Waals surface area contributed by atoms with Crippen LogP contribution >= 0.6 is 0 Å². The zero-order chi connectivity index (χ0) is 19.9. The Morgan fingerprint density at radius 1 is 1.04 bits per heavy atom. The van der Waals surface area contributed by atoms with Gasteiger partial charge in [0.25, 0.3) is 0 Å². The molecule has 3 aromatic rings. The SMILES string of the molecule is CCN(Cc1cn(CC(=O)OCc2ccc(C)cc2)nn1)c1ccc(C)cc1. The molecule has 1 aromatic heterocycles. The molecule has 6 heteroatoms. The first-order valence-electron chi connectivity index (χ1n) is 9.45. The Hall–Kier alpha value is -3.15. The molecule has 0 atom stereocenters. The van der Waals surface area contributed by atoms with E-state index in [1.165, 1.54) is 15.8 Å². The van der Waals surface area contributed by atoms with E-state index in [2.05, 4.69) is 53.3 Å². The molecule has 2 aromatic carbocycles. The van der Waals surface area contributed by atoms with Gasteiger partial charge in [-0.05, 0) is 38.5 Å². The summed E-state index contributed by atoms with van der Waals surface area (Å²) in [6.45, 7) is 8.01. The molecule has 0 unspecified atom stereocenters. The Morgan fingerprint density at radius 3 is 2.32 bits per heavy atom. The first-order valence-corrected chi connectivity index (χ1v) is 9.45. The quantitative estimate of drug-likeness (QED) is 0.560. The molecule has 0 aliphatic heterocycles. The van der Waals surface area contributed by atoms with Gasteiger partial charge in [-0.25, -0.2) is 4.68 Å². The minimum atomic E-state index is -0.331. The van der Waals surface area contributed by atoms with Gasteiger partial charge in [0, 0.05) is 12.2 Å². The van der Waals surface area contributed by atoms with Crippen LogP contribution in [0.1, 0.15) is 29.3 Å². The molecule has 6 nitrogen and oxygen atoms in total. The average molecular weight is 378 g/mol.